The molecule has 0 saturated carbocycles. The summed E-state index contributed by atoms with van der Waals surface area (Å²) in [7, 11) is 1.76. The number of phenolic OH excluding ortho intramolecular Hbond substituents is 1. The Labute approximate surface area is 430 Å². The highest BCUT2D eigenvalue weighted by molar-refractivity contribution is 7.13. The molecule has 4 atom stereocenters. The van der Waals surface area contributed by atoms with Crippen molar-refractivity contribution >= 4 is 46.0 Å². The number of aliphatic hydroxyl groups is 1. The number of allylic oxidation sites excluding steroid dienone is 1. The molecule has 382 valence electrons. The number of ether oxygens (including phenoxy) is 3. The van der Waals surface area contributed by atoms with Crippen LogP contribution in [-0.4, -0.2) is 112 Å². The number of benzene rings is 4. The molecule has 6 aromatic rings. The monoisotopic (exact) mass is 1010 g/mol. The zero-order valence-electron chi connectivity index (χ0n) is 42.2. The van der Waals surface area contributed by atoms with Gasteiger partial charge in [-0.05, 0) is 101 Å². The van der Waals surface area contributed by atoms with E-state index < -0.39 is 23.6 Å². The van der Waals surface area contributed by atoms with Crippen molar-refractivity contribution < 1.29 is 43.3 Å². The molecule has 2 aliphatic heterocycles. The maximum atomic E-state index is 14.4. The summed E-state index contributed by atoms with van der Waals surface area (Å²) in [4.78, 5) is 54.3. The molecule has 73 heavy (non-hydrogen) atoms. The first kappa shape index (κ1) is 52.2. The van der Waals surface area contributed by atoms with E-state index in [1.54, 1.807) is 58.8 Å². The Morgan fingerprint density at radius 2 is 1.64 bits per heavy atom. The molecule has 2 unspecified atom stereocenters. The second-order valence-corrected chi connectivity index (χ2v) is 19.8. The fourth-order valence-corrected chi connectivity index (χ4v) is 10.2. The number of hydrogen-bond donors (Lipinski definition) is 3. The number of carbonyl (C=O) groups is 3. The highest BCUT2D eigenvalue weighted by atomic mass is 32.1. The Balaban J connectivity index is 0.767. The van der Waals surface area contributed by atoms with Crippen LogP contribution in [0.4, 0.5) is 0 Å². The fraction of sp³-hybridized carbons (Fsp3) is 0.368. The highest BCUT2D eigenvalue weighted by Crippen LogP contribution is 2.38. The van der Waals surface area contributed by atoms with Crippen LogP contribution in [0.5, 0.6) is 17.4 Å². The van der Waals surface area contributed by atoms with E-state index in [0.717, 1.165) is 44.8 Å². The second-order valence-electron chi connectivity index (χ2n) is 18.9. The first-order valence-electron chi connectivity index (χ1n) is 24.9. The van der Waals surface area contributed by atoms with Crippen molar-refractivity contribution in [3.8, 4) is 27.8 Å². The number of aromatic hydroxyl groups is 1. The minimum Gasteiger partial charge on any atom is -0.508 e. The van der Waals surface area contributed by atoms with Crippen LogP contribution in [0.2, 0.25) is 0 Å². The van der Waals surface area contributed by atoms with Gasteiger partial charge in [0, 0.05) is 39.1 Å². The number of carbonyl (C=O) groups excluding carboxylic acids is 3. The third-order valence-corrected chi connectivity index (χ3v) is 14.4. The number of rotatable bonds is 22. The van der Waals surface area contributed by atoms with Gasteiger partial charge in [-0.2, -0.15) is 0 Å². The number of likely N-dealkylation sites (N-methyl/N-ethyl adjacent to an activating group) is 1. The molecule has 0 spiro atoms. The molecular formula is C57H64N6O9S. The lowest BCUT2D eigenvalue weighted by Gasteiger charge is -2.29. The van der Waals surface area contributed by atoms with E-state index in [2.05, 4.69) is 34.5 Å². The van der Waals surface area contributed by atoms with Gasteiger partial charge in [0.2, 0.25) is 11.8 Å². The van der Waals surface area contributed by atoms with E-state index in [4.69, 9.17) is 23.7 Å². The van der Waals surface area contributed by atoms with Crippen LogP contribution in [-0.2, 0) is 24.7 Å². The largest absolute Gasteiger partial charge is 0.508 e. The number of phenols is 1. The van der Waals surface area contributed by atoms with E-state index in [0.29, 0.717) is 55.5 Å². The van der Waals surface area contributed by atoms with Crippen molar-refractivity contribution in [1.29, 1.82) is 0 Å². The first-order chi connectivity index (χ1) is 35.2. The lowest BCUT2D eigenvalue weighted by Crippen LogP contribution is -2.48. The SMILES string of the molecule is CC/C(=C(/c1ccc(O)cc1)c1ccc(OCCN(C)C(=O)CCCOCCOc2cc(C(C(=O)N3C[C@H](O)C[C@@H]3C3=NC(C)(c4ccc(-c5scnc5C)cc4)C(=O)N3)C(C)C)on2)cc1)c1ccccc1. The lowest BCUT2D eigenvalue weighted by atomic mass is 9.88. The molecular weight excluding hydrogens is 945 g/mol. The molecule has 4 heterocycles. The molecule has 1 saturated heterocycles. The molecule has 4 aromatic carbocycles. The van der Waals surface area contributed by atoms with E-state index in [9.17, 15) is 24.6 Å². The number of likely N-dealkylation sites (tertiary alicyclic amines) is 1. The highest BCUT2D eigenvalue weighted by Gasteiger charge is 2.48. The maximum absolute atomic E-state index is 14.4. The summed E-state index contributed by atoms with van der Waals surface area (Å²) in [5, 5.41) is 27.8. The van der Waals surface area contributed by atoms with Gasteiger partial charge in [0.25, 0.3) is 11.8 Å². The molecule has 2 aliphatic rings. The number of thiazole rings is 1. The Hall–Kier alpha value is -7.14. The number of aromatic nitrogens is 2. The fourth-order valence-electron chi connectivity index (χ4n) is 9.43. The van der Waals surface area contributed by atoms with E-state index in [1.807, 2.05) is 99.6 Å². The van der Waals surface area contributed by atoms with Crippen LogP contribution >= 0.6 is 11.3 Å². The van der Waals surface area contributed by atoms with Gasteiger partial charge in [0.15, 0.2) is 11.3 Å². The minimum atomic E-state index is -1.22. The van der Waals surface area contributed by atoms with Gasteiger partial charge in [0.05, 0.1) is 41.4 Å². The zero-order chi connectivity index (χ0) is 51.6. The van der Waals surface area contributed by atoms with Crippen molar-refractivity contribution in [3.05, 3.63) is 148 Å². The molecule has 2 aromatic heterocycles. The van der Waals surface area contributed by atoms with Crippen molar-refractivity contribution in [2.75, 3.05) is 46.6 Å². The number of nitrogens with one attached hydrogen (secondary N) is 1. The normalized spacial score (nSPS) is 18.3. The van der Waals surface area contributed by atoms with Crippen molar-refractivity contribution in [3.63, 3.8) is 0 Å². The number of β-amino-alcohol motifs (C(OH)–C–C–N with tert-alkyl or cyclic N) is 1. The second kappa shape index (κ2) is 23.6. The van der Waals surface area contributed by atoms with Gasteiger partial charge >= 0.3 is 0 Å². The van der Waals surface area contributed by atoms with Gasteiger partial charge in [-0.1, -0.05) is 99.6 Å². The van der Waals surface area contributed by atoms with Crippen molar-refractivity contribution in [2.45, 2.75) is 83.9 Å². The average Bonchev–Trinajstić information content (AvgIpc) is 4.20. The topological polar surface area (TPSA) is 189 Å². The van der Waals surface area contributed by atoms with Gasteiger partial charge in [0.1, 0.15) is 36.5 Å². The van der Waals surface area contributed by atoms with Crippen LogP contribution in [0.3, 0.4) is 0 Å². The number of amides is 3. The summed E-state index contributed by atoms with van der Waals surface area (Å²) in [5.74, 6) is 0.220. The van der Waals surface area contributed by atoms with Gasteiger partial charge in [-0.3, -0.25) is 14.4 Å². The van der Waals surface area contributed by atoms with Crippen LogP contribution < -0.4 is 14.8 Å². The minimum absolute atomic E-state index is 0.0155. The third-order valence-electron chi connectivity index (χ3n) is 13.5. The molecule has 3 N–H and O–H groups in total. The molecule has 3 amide bonds. The Morgan fingerprint density at radius 1 is 0.932 bits per heavy atom. The van der Waals surface area contributed by atoms with Crippen LogP contribution in [0.15, 0.2) is 124 Å². The molecule has 0 aliphatic carbocycles. The molecule has 0 radical (unpaired) electrons. The number of aliphatic imine (C=N–C) groups is 1. The van der Waals surface area contributed by atoms with E-state index in [1.165, 1.54) is 5.57 Å². The van der Waals surface area contributed by atoms with Crippen molar-refractivity contribution in [2.24, 2.45) is 10.9 Å². The quantitative estimate of drug-likeness (QED) is 0.0435. The smallest absolute Gasteiger partial charge is 0.257 e. The lowest BCUT2D eigenvalue weighted by molar-refractivity contribution is -0.134. The molecule has 1 fully saturated rings. The number of nitrogens with zero attached hydrogens (tertiary/aromatic N) is 5. The van der Waals surface area contributed by atoms with Gasteiger partial charge in [-0.15, -0.1) is 11.3 Å². The predicted octanol–water partition coefficient (Wildman–Crippen LogP) is 9.04. The third kappa shape index (κ3) is 12.2. The molecule has 8 rings (SSSR count). The van der Waals surface area contributed by atoms with E-state index >= 15 is 0 Å². The number of aliphatic hydroxyl groups excluding tert-OH is 1. The molecule has 15 nitrogen and oxygen atoms in total. The van der Waals surface area contributed by atoms with Gasteiger partial charge < -0.3 is 44.1 Å². The summed E-state index contributed by atoms with van der Waals surface area (Å²) >= 11 is 1.56. The summed E-state index contributed by atoms with van der Waals surface area (Å²) in [6, 6.07) is 34.2. The Kier molecular flexibility index (Phi) is 16.9. The molecule has 16 heteroatoms. The maximum Gasteiger partial charge on any atom is 0.257 e. The molecule has 0 bridgehead atoms. The number of amidine groups is 1. The number of hydrogen-bond acceptors (Lipinski definition) is 13. The average molecular weight is 1010 g/mol. The van der Waals surface area contributed by atoms with Crippen molar-refractivity contribution in [1.82, 2.24) is 25.3 Å². The first-order valence-corrected chi connectivity index (χ1v) is 25.7. The Bertz CT molecular complexity index is 2900. The standard InChI is InChI=1S/C57H64N6O9S/c1-7-46(38-12-9-8-10-13-38)52(39-17-23-43(64)24-18-39)40-19-25-45(26-20-40)70-29-27-62(6)50(66)14-11-28-69-30-31-71-49-33-48(72-61-49)51(36(2)3)55(67)63-34-44(65)32-47(63)54-59-56(68)57(5,60-54)42-21-15-41(16-22-42)53-37(4)58-35-73-53/h8-10,12-13,15-26,33,35-36,44,47,51,64-65H,7,11,14,27-32,34H2,1-6H3,(H,59,60,68)/b52-46+/t44-,47-,51?,57?/m1/s1. The predicted molar refractivity (Wildman–Crippen MR) is 281 cm³/mol. The van der Waals surface area contributed by atoms with Crippen LogP contribution in [0.1, 0.15) is 93.0 Å². The van der Waals surface area contributed by atoms with E-state index in [-0.39, 0.29) is 61.4 Å². The summed E-state index contributed by atoms with van der Waals surface area (Å²) in [6.07, 6.45) is 1.07. The van der Waals surface area contributed by atoms with Crippen LogP contribution in [0, 0.1) is 12.8 Å². The van der Waals surface area contributed by atoms with Gasteiger partial charge in [-0.25, -0.2) is 9.98 Å². The summed E-state index contributed by atoms with van der Waals surface area (Å²) in [5.41, 5.74) is 8.71. The van der Waals surface area contributed by atoms with Crippen LogP contribution in [0.25, 0.3) is 21.6 Å². The summed E-state index contributed by atoms with van der Waals surface area (Å²) < 4.78 is 23.3. The Morgan fingerprint density at radius 3 is 2.32 bits per heavy atom. The number of aryl methyl sites for hydroxylation is 1. The summed E-state index contributed by atoms with van der Waals surface area (Å²) in [6.45, 7) is 11.3. The zero-order valence-corrected chi connectivity index (χ0v) is 43.1.